The third-order valence-corrected chi connectivity index (χ3v) is 5.23. The SMILES string of the molecule is Cn1c(=O)cnc2cc(F)c(OCCNC[C@H]3CN(c4cnc5c(n4)NC(=O)CO5)C(=O)O3)nc21. The number of hydrogen-bond donors (Lipinski definition) is 2. The van der Waals surface area contributed by atoms with Crippen molar-refractivity contribution >= 4 is 34.8 Å². The number of fused-ring (bicyclic) bond motifs is 2. The van der Waals surface area contributed by atoms with Crippen molar-refractivity contribution in [1.29, 1.82) is 0 Å². The van der Waals surface area contributed by atoms with Crippen molar-refractivity contribution in [3.05, 3.63) is 34.6 Å². The van der Waals surface area contributed by atoms with Crippen molar-refractivity contribution in [3.8, 4) is 11.8 Å². The molecule has 0 aliphatic carbocycles. The average molecular weight is 486 g/mol. The number of aromatic nitrogens is 5. The van der Waals surface area contributed by atoms with Crippen LogP contribution >= 0.6 is 0 Å². The Morgan fingerprint density at radius 3 is 2.97 bits per heavy atom. The highest BCUT2D eigenvalue weighted by Crippen LogP contribution is 2.27. The van der Waals surface area contributed by atoms with Gasteiger partial charge in [0.25, 0.3) is 23.2 Å². The number of cyclic esters (lactones) is 1. The molecule has 15 heteroatoms. The topological polar surface area (TPSA) is 163 Å². The lowest BCUT2D eigenvalue weighted by atomic mass is 10.3. The van der Waals surface area contributed by atoms with Crippen LogP contribution in [0.2, 0.25) is 0 Å². The number of nitrogens with one attached hydrogen (secondary N) is 2. The Bertz CT molecular complexity index is 1380. The quantitative estimate of drug-likeness (QED) is 0.417. The molecule has 0 unspecified atom stereocenters. The Morgan fingerprint density at radius 2 is 2.11 bits per heavy atom. The van der Waals surface area contributed by atoms with Gasteiger partial charge in [0.15, 0.2) is 29.7 Å². The largest absolute Gasteiger partial charge is 0.474 e. The van der Waals surface area contributed by atoms with Crippen molar-refractivity contribution in [1.82, 2.24) is 29.8 Å². The van der Waals surface area contributed by atoms with E-state index < -0.39 is 18.0 Å². The summed E-state index contributed by atoms with van der Waals surface area (Å²) in [5.41, 5.74) is 0.0706. The molecule has 0 saturated carbocycles. The molecule has 1 saturated heterocycles. The zero-order valence-electron chi connectivity index (χ0n) is 18.4. The summed E-state index contributed by atoms with van der Waals surface area (Å²) in [6, 6.07) is 1.15. The molecular weight excluding hydrogens is 467 g/mol. The van der Waals surface area contributed by atoms with Crippen LogP contribution in [0.1, 0.15) is 0 Å². The number of anilines is 2. The maximum Gasteiger partial charge on any atom is 0.416 e. The van der Waals surface area contributed by atoms with Crippen LogP contribution in [0.4, 0.5) is 20.8 Å². The van der Waals surface area contributed by atoms with Crippen LogP contribution in [0.3, 0.4) is 0 Å². The summed E-state index contributed by atoms with van der Waals surface area (Å²) in [6.07, 6.45) is 1.36. The van der Waals surface area contributed by atoms with E-state index in [4.69, 9.17) is 14.2 Å². The molecule has 3 aromatic rings. The first kappa shape index (κ1) is 22.4. The molecule has 2 aliphatic heterocycles. The third kappa shape index (κ3) is 4.52. The molecule has 2 N–H and O–H groups in total. The fourth-order valence-electron chi connectivity index (χ4n) is 3.50. The highest BCUT2D eigenvalue weighted by molar-refractivity contribution is 5.94. The third-order valence-electron chi connectivity index (χ3n) is 5.23. The standard InChI is InChI=1S/C20H19FN8O6/c1-28-15(31)7-23-12-4-11(21)18(27-17(12)28)33-3-2-22-5-10-8-29(20(32)35-10)13-6-24-19-16(25-13)26-14(30)9-34-19/h4,6-7,10,22H,2-3,5,8-9H2,1H3,(H,25,26,30)/t10-/m0/s1. The molecular formula is C20H19FN8O6. The number of amides is 2. The van der Waals surface area contributed by atoms with Gasteiger partial charge < -0.3 is 24.8 Å². The normalized spacial score (nSPS) is 17.1. The van der Waals surface area contributed by atoms with Crippen LogP contribution in [0, 0.1) is 5.82 Å². The molecule has 5 rings (SSSR count). The second-order valence-electron chi connectivity index (χ2n) is 7.66. The van der Waals surface area contributed by atoms with Gasteiger partial charge in [-0.2, -0.15) is 4.98 Å². The minimum absolute atomic E-state index is 0.0734. The van der Waals surface area contributed by atoms with E-state index in [0.717, 1.165) is 12.3 Å². The van der Waals surface area contributed by atoms with E-state index in [9.17, 15) is 18.8 Å². The van der Waals surface area contributed by atoms with Crippen molar-refractivity contribution in [3.63, 3.8) is 0 Å². The molecule has 1 atom stereocenters. The molecule has 0 radical (unpaired) electrons. The lowest BCUT2D eigenvalue weighted by molar-refractivity contribution is -0.118. The minimum Gasteiger partial charge on any atom is -0.474 e. The van der Waals surface area contributed by atoms with Gasteiger partial charge in [0.1, 0.15) is 18.2 Å². The van der Waals surface area contributed by atoms with Crippen molar-refractivity contribution in [2.24, 2.45) is 7.05 Å². The Kier molecular flexibility index (Phi) is 5.82. The van der Waals surface area contributed by atoms with E-state index in [1.165, 1.54) is 22.7 Å². The van der Waals surface area contributed by atoms with E-state index in [-0.39, 0.29) is 65.8 Å². The van der Waals surface area contributed by atoms with E-state index >= 15 is 0 Å². The number of aryl methyl sites for hydroxylation is 1. The molecule has 0 bridgehead atoms. The number of pyridine rings is 1. The first-order valence-corrected chi connectivity index (χ1v) is 10.5. The average Bonchev–Trinajstić information content (AvgIpc) is 3.21. The smallest absolute Gasteiger partial charge is 0.416 e. The molecule has 1 fully saturated rings. The van der Waals surface area contributed by atoms with Crippen LogP contribution in [-0.4, -0.2) is 75.5 Å². The summed E-state index contributed by atoms with van der Waals surface area (Å²) in [5.74, 6) is -0.783. The van der Waals surface area contributed by atoms with Crippen LogP contribution in [0.25, 0.3) is 11.2 Å². The molecule has 3 aromatic heterocycles. The molecule has 0 spiro atoms. The zero-order valence-corrected chi connectivity index (χ0v) is 18.4. The number of rotatable bonds is 7. The van der Waals surface area contributed by atoms with Crippen molar-refractivity contribution in [2.45, 2.75) is 6.10 Å². The molecule has 35 heavy (non-hydrogen) atoms. The molecule has 14 nitrogen and oxygen atoms in total. The maximum atomic E-state index is 14.2. The summed E-state index contributed by atoms with van der Waals surface area (Å²) in [6.45, 7) is 0.739. The number of carbonyl (C=O) groups is 2. The molecule has 2 amide bonds. The van der Waals surface area contributed by atoms with Crippen molar-refractivity contribution < 1.29 is 28.2 Å². The van der Waals surface area contributed by atoms with Gasteiger partial charge in [0, 0.05) is 26.2 Å². The molecule has 2 aliphatic rings. The van der Waals surface area contributed by atoms with Gasteiger partial charge in [-0.15, -0.1) is 0 Å². The van der Waals surface area contributed by atoms with E-state index in [1.54, 1.807) is 0 Å². The van der Waals surface area contributed by atoms with Gasteiger partial charge in [-0.3, -0.25) is 19.1 Å². The maximum absolute atomic E-state index is 14.2. The van der Waals surface area contributed by atoms with Crippen LogP contribution in [-0.2, 0) is 16.6 Å². The highest BCUT2D eigenvalue weighted by atomic mass is 19.1. The molecule has 182 valence electrons. The number of hydrogen-bond acceptors (Lipinski definition) is 11. The number of ether oxygens (including phenoxy) is 3. The number of nitrogens with zero attached hydrogens (tertiary/aromatic N) is 6. The van der Waals surface area contributed by atoms with Gasteiger partial charge in [-0.25, -0.2) is 24.1 Å². The van der Waals surface area contributed by atoms with Crippen LogP contribution in [0.5, 0.6) is 11.8 Å². The fourth-order valence-corrected chi connectivity index (χ4v) is 3.50. The van der Waals surface area contributed by atoms with Gasteiger partial charge in [0.05, 0.1) is 18.9 Å². The lowest BCUT2D eigenvalue weighted by Crippen LogP contribution is -2.33. The fraction of sp³-hybridized carbons (Fsp3) is 0.350. The monoisotopic (exact) mass is 486 g/mol. The molecule has 5 heterocycles. The van der Waals surface area contributed by atoms with Gasteiger partial charge in [-0.1, -0.05) is 0 Å². The van der Waals surface area contributed by atoms with Crippen LogP contribution in [0.15, 0.2) is 23.3 Å². The second kappa shape index (κ2) is 9.09. The Balaban J connectivity index is 1.13. The van der Waals surface area contributed by atoms with Crippen LogP contribution < -0.4 is 30.6 Å². The predicted octanol–water partition coefficient (Wildman–Crippen LogP) is -0.418. The summed E-state index contributed by atoms with van der Waals surface area (Å²) < 4.78 is 31.4. The van der Waals surface area contributed by atoms with E-state index in [2.05, 4.69) is 30.6 Å². The first-order valence-electron chi connectivity index (χ1n) is 10.5. The Morgan fingerprint density at radius 1 is 1.26 bits per heavy atom. The summed E-state index contributed by atoms with van der Waals surface area (Å²) >= 11 is 0. The van der Waals surface area contributed by atoms with E-state index in [1.807, 2.05) is 0 Å². The Hall–Kier alpha value is -4.40. The van der Waals surface area contributed by atoms with Gasteiger partial charge in [-0.05, 0) is 0 Å². The minimum atomic E-state index is -0.697. The highest BCUT2D eigenvalue weighted by Gasteiger charge is 2.34. The number of halogens is 1. The molecule has 0 aromatic carbocycles. The zero-order chi connectivity index (χ0) is 24.5. The lowest BCUT2D eigenvalue weighted by Gasteiger charge is -2.18. The predicted molar refractivity (Wildman–Crippen MR) is 117 cm³/mol. The Labute approximate surface area is 196 Å². The number of carbonyl (C=O) groups excluding carboxylic acids is 2. The van der Waals surface area contributed by atoms with Gasteiger partial charge >= 0.3 is 6.09 Å². The van der Waals surface area contributed by atoms with Crippen molar-refractivity contribution in [2.75, 3.05) is 43.1 Å². The summed E-state index contributed by atoms with van der Waals surface area (Å²) in [4.78, 5) is 53.0. The first-order chi connectivity index (χ1) is 16.9. The van der Waals surface area contributed by atoms with Gasteiger partial charge in [0.2, 0.25) is 0 Å². The summed E-state index contributed by atoms with van der Waals surface area (Å²) in [5, 5.41) is 5.60. The second-order valence-corrected chi connectivity index (χ2v) is 7.66. The van der Waals surface area contributed by atoms with E-state index in [0.29, 0.717) is 13.1 Å². The summed E-state index contributed by atoms with van der Waals surface area (Å²) in [7, 11) is 1.51.